The van der Waals surface area contributed by atoms with Crippen LogP contribution in [0.2, 0.25) is 0 Å². The maximum Gasteiger partial charge on any atom is 0.136 e. The fourth-order valence-corrected chi connectivity index (χ4v) is 4.17. The standard InChI is InChI=1S/C26H16O/c1-2-8-17(9-3-1)21-14-18-10-4-5-11-19(18)22-15-24-20-12-6-7-13-25(20)27-26(24)16-23(21)22/h1-16H. The van der Waals surface area contributed by atoms with Crippen LogP contribution in [0.1, 0.15) is 0 Å². The van der Waals surface area contributed by atoms with Crippen LogP contribution in [0.4, 0.5) is 0 Å². The summed E-state index contributed by atoms with van der Waals surface area (Å²) in [6.45, 7) is 0. The van der Waals surface area contributed by atoms with Gasteiger partial charge in [-0.05, 0) is 56.9 Å². The zero-order valence-electron chi connectivity index (χ0n) is 14.6. The van der Waals surface area contributed by atoms with Gasteiger partial charge in [-0.1, -0.05) is 72.8 Å². The van der Waals surface area contributed by atoms with Crippen molar-refractivity contribution in [2.24, 2.45) is 0 Å². The van der Waals surface area contributed by atoms with E-state index in [1.165, 1.54) is 43.4 Å². The van der Waals surface area contributed by atoms with Crippen LogP contribution in [0.15, 0.2) is 101 Å². The third-order valence-electron chi connectivity index (χ3n) is 5.44. The molecule has 0 atom stereocenters. The maximum absolute atomic E-state index is 6.16. The minimum absolute atomic E-state index is 0.938. The zero-order chi connectivity index (χ0) is 17.8. The molecule has 126 valence electrons. The monoisotopic (exact) mass is 344 g/mol. The average Bonchev–Trinajstić information content (AvgIpc) is 3.10. The summed E-state index contributed by atoms with van der Waals surface area (Å²) in [6, 6.07) is 34.3. The summed E-state index contributed by atoms with van der Waals surface area (Å²) in [5, 5.41) is 7.38. The summed E-state index contributed by atoms with van der Waals surface area (Å²) >= 11 is 0. The van der Waals surface area contributed by atoms with Crippen LogP contribution < -0.4 is 0 Å². The number of furan rings is 1. The molecule has 0 amide bonds. The first-order chi connectivity index (χ1) is 13.4. The lowest BCUT2D eigenvalue weighted by molar-refractivity contribution is 0.669. The number of fused-ring (bicyclic) bond motifs is 6. The van der Waals surface area contributed by atoms with Crippen LogP contribution in [-0.2, 0) is 0 Å². The summed E-state index contributed by atoms with van der Waals surface area (Å²) in [7, 11) is 0. The van der Waals surface area contributed by atoms with E-state index in [0.29, 0.717) is 0 Å². The average molecular weight is 344 g/mol. The van der Waals surface area contributed by atoms with Crippen LogP contribution in [0.3, 0.4) is 0 Å². The second-order valence-electron chi connectivity index (χ2n) is 7.00. The van der Waals surface area contributed by atoms with Crippen molar-refractivity contribution in [2.45, 2.75) is 0 Å². The van der Waals surface area contributed by atoms with Gasteiger partial charge in [-0.3, -0.25) is 0 Å². The largest absolute Gasteiger partial charge is 0.456 e. The summed E-state index contributed by atoms with van der Waals surface area (Å²) in [5.74, 6) is 0. The summed E-state index contributed by atoms with van der Waals surface area (Å²) in [6.07, 6.45) is 0. The Bertz CT molecular complexity index is 1460. The van der Waals surface area contributed by atoms with Crippen molar-refractivity contribution < 1.29 is 4.42 Å². The molecule has 0 radical (unpaired) electrons. The quantitative estimate of drug-likeness (QED) is 0.280. The van der Waals surface area contributed by atoms with Gasteiger partial charge in [0.25, 0.3) is 0 Å². The summed E-state index contributed by atoms with van der Waals surface area (Å²) in [5.41, 5.74) is 4.35. The molecule has 0 fully saturated rings. The van der Waals surface area contributed by atoms with Crippen LogP contribution in [-0.4, -0.2) is 0 Å². The third kappa shape index (κ3) is 2.12. The van der Waals surface area contributed by atoms with Gasteiger partial charge in [-0.15, -0.1) is 0 Å². The number of para-hydroxylation sites is 1. The van der Waals surface area contributed by atoms with Crippen molar-refractivity contribution in [3.05, 3.63) is 97.1 Å². The molecule has 6 aromatic rings. The van der Waals surface area contributed by atoms with E-state index in [4.69, 9.17) is 4.42 Å². The molecule has 6 rings (SSSR count). The van der Waals surface area contributed by atoms with Crippen LogP contribution >= 0.6 is 0 Å². The smallest absolute Gasteiger partial charge is 0.136 e. The van der Waals surface area contributed by atoms with Crippen molar-refractivity contribution in [1.29, 1.82) is 0 Å². The van der Waals surface area contributed by atoms with Crippen molar-refractivity contribution in [3.63, 3.8) is 0 Å². The maximum atomic E-state index is 6.16. The van der Waals surface area contributed by atoms with Gasteiger partial charge in [-0.2, -0.15) is 0 Å². The van der Waals surface area contributed by atoms with E-state index < -0.39 is 0 Å². The molecular formula is C26H16O. The molecular weight excluding hydrogens is 328 g/mol. The predicted octanol–water partition coefficient (Wildman–Crippen LogP) is 7.56. The Morgan fingerprint density at radius 3 is 2.07 bits per heavy atom. The van der Waals surface area contributed by atoms with E-state index in [2.05, 4.69) is 84.9 Å². The van der Waals surface area contributed by atoms with E-state index >= 15 is 0 Å². The Labute approximate surface area is 156 Å². The number of hydrogen-bond acceptors (Lipinski definition) is 1. The van der Waals surface area contributed by atoms with Gasteiger partial charge in [-0.25, -0.2) is 0 Å². The second-order valence-corrected chi connectivity index (χ2v) is 7.00. The molecule has 1 nitrogen and oxygen atoms in total. The normalized spacial score (nSPS) is 11.7. The number of benzene rings is 5. The van der Waals surface area contributed by atoms with Crippen LogP contribution in [0.5, 0.6) is 0 Å². The molecule has 0 saturated carbocycles. The van der Waals surface area contributed by atoms with Gasteiger partial charge in [0.15, 0.2) is 0 Å². The molecule has 0 aliphatic carbocycles. The first-order valence-electron chi connectivity index (χ1n) is 9.21. The lowest BCUT2D eigenvalue weighted by Crippen LogP contribution is -1.85. The Balaban J connectivity index is 1.85. The molecule has 0 aliphatic rings. The first-order valence-corrected chi connectivity index (χ1v) is 9.21. The summed E-state index contributed by atoms with van der Waals surface area (Å²) < 4.78 is 6.16. The molecule has 0 aliphatic heterocycles. The van der Waals surface area contributed by atoms with Gasteiger partial charge < -0.3 is 4.42 Å². The predicted molar refractivity (Wildman–Crippen MR) is 114 cm³/mol. The van der Waals surface area contributed by atoms with Crippen LogP contribution in [0, 0.1) is 0 Å². The van der Waals surface area contributed by atoms with Gasteiger partial charge in [0.1, 0.15) is 11.2 Å². The molecule has 1 heterocycles. The fraction of sp³-hybridized carbons (Fsp3) is 0. The van der Waals surface area contributed by atoms with E-state index in [9.17, 15) is 0 Å². The Morgan fingerprint density at radius 2 is 1.19 bits per heavy atom. The molecule has 0 unspecified atom stereocenters. The lowest BCUT2D eigenvalue weighted by Gasteiger charge is -2.11. The molecule has 0 bridgehead atoms. The highest BCUT2D eigenvalue weighted by atomic mass is 16.3. The Hall–Kier alpha value is -3.58. The van der Waals surface area contributed by atoms with Crippen molar-refractivity contribution >= 4 is 43.5 Å². The highest BCUT2D eigenvalue weighted by Crippen LogP contribution is 2.39. The molecule has 1 heteroatoms. The molecule has 0 spiro atoms. The molecule has 1 aromatic heterocycles. The fourth-order valence-electron chi connectivity index (χ4n) is 4.17. The van der Waals surface area contributed by atoms with Gasteiger partial charge in [0.2, 0.25) is 0 Å². The van der Waals surface area contributed by atoms with Gasteiger partial charge in [0.05, 0.1) is 0 Å². The van der Waals surface area contributed by atoms with Crippen LogP contribution in [0.25, 0.3) is 54.6 Å². The van der Waals surface area contributed by atoms with E-state index in [-0.39, 0.29) is 0 Å². The lowest BCUT2D eigenvalue weighted by atomic mass is 9.92. The Morgan fingerprint density at radius 1 is 0.444 bits per heavy atom. The first kappa shape index (κ1) is 14.6. The zero-order valence-corrected chi connectivity index (χ0v) is 14.6. The number of rotatable bonds is 1. The topological polar surface area (TPSA) is 13.1 Å². The van der Waals surface area contributed by atoms with Crippen molar-refractivity contribution in [3.8, 4) is 11.1 Å². The third-order valence-corrected chi connectivity index (χ3v) is 5.44. The molecule has 0 saturated heterocycles. The SMILES string of the molecule is c1ccc(-c2cc3ccccc3c3cc4c(cc23)oc2ccccc24)cc1. The van der Waals surface area contributed by atoms with Crippen molar-refractivity contribution in [2.75, 3.05) is 0 Å². The highest BCUT2D eigenvalue weighted by molar-refractivity contribution is 6.20. The van der Waals surface area contributed by atoms with E-state index in [1.807, 2.05) is 12.1 Å². The molecule has 0 N–H and O–H groups in total. The minimum Gasteiger partial charge on any atom is -0.456 e. The molecule has 5 aromatic carbocycles. The second kappa shape index (κ2) is 5.46. The Kier molecular flexibility index (Phi) is 2.95. The summed E-state index contributed by atoms with van der Waals surface area (Å²) in [4.78, 5) is 0. The number of hydrogen-bond donors (Lipinski definition) is 0. The van der Waals surface area contributed by atoms with Gasteiger partial charge >= 0.3 is 0 Å². The highest BCUT2D eigenvalue weighted by Gasteiger charge is 2.13. The molecule has 27 heavy (non-hydrogen) atoms. The van der Waals surface area contributed by atoms with E-state index in [1.54, 1.807) is 0 Å². The van der Waals surface area contributed by atoms with Crippen molar-refractivity contribution in [1.82, 2.24) is 0 Å². The van der Waals surface area contributed by atoms with Gasteiger partial charge in [0, 0.05) is 10.8 Å². The minimum atomic E-state index is 0.938. The van der Waals surface area contributed by atoms with E-state index in [0.717, 1.165) is 11.2 Å².